The Kier molecular flexibility index (Phi) is 4.82. The Morgan fingerprint density at radius 1 is 1.42 bits per heavy atom. The first-order chi connectivity index (χ1) is 11.5. The molecule has 3 rings (SSSR count). The minimum Gasteiger partial charge on any atom is -0.386 e. The van der Waals surface area contributed by atoms with E-state index in [4.69, 9.17) is 0 Å². The zero-order chi connectivity index (χ0) is 17.2. The van der Waals surface area contributed by atoms with Gasteiger partial charge in [-0.2, -0.15) is 0 Å². The molecule has 0 aliphatic carbocycles. The molecule has 6 nitrogen and oxygen atoms in total. The van der Waals surface area contributed by atoms with E-state index in [1.165, 1.54) is 11.3 Å². The highest BCUT2D eigenvalue weighted by Gasteiger charge is 2.34. The van der Waals surface area contributed by atoms with Crippen LogP contribution < -0.4 is 10.2 Å². The molecule has 1 aliphatic heterocycles. The van der Waals surface area contributed by atoms with E-state index >= 15 is 0 Å². The van der Waals surface area contributed by atoms with Crippen molar-refractivity contribution in [2.45, 2.75) is 32.3 Å². The number of amides is 1. The van der Waals surface area contributed by atoms with Crippen LogP contribution in [0.15, 0.2) is 23.8 Å². The summed E-state index contributed by atoms with van der Waals surface area (Å²) in [7, 11) is 0. The molecular weight excluding hydrogens is 324 g/mol. The fraction of sp³-hybridized carbons (Fsp3) is 0.471. The molecule has 128 valence electrons. The Bertz CT molecular complexity index is 733. The van der Waals surface area contributed by atoms with Crippen molar-refractivity contribution in [2.75, 3.05) is 24.5 Å². The zero-order valence-electron chi connectivity index (χ0n) is 14.0. The number of hydrogen-bond donors (Lipinski definition) is 2. The van der Waals surface area contributed by atoms with Crippen molar-refractivity contribution in [3.05, 3.63) is 40.0 Å². The van der Waals surface area contributed by atoms with Gasteiger partial charge < -0.3 is 15.3 Å². The summed E-state index contributed by atoms with van der Waals surface area (Å²) in [5, 5.41) is 15.7. The van der Waals surface area contributed by atoms with Gasteiger partial charge in [0.1, 0.15) is 12.1 Å². The van der Waals surface area contributed by atoms with Crippen LogP contribution in [0.4, 0.5) is 5.82 Å². The molecule has 1 unspecified atom stereocenters. The van der Waals surface area contributed by atoms with Gasteiger partial charge in [0.2, 0.25) is 0 Å². The van der Waals surface area contributed by atoms with Gasteiger partial charge in [0, 0.05) is 31.4 Å². The Morgan fingerprint density at radius 2 is 2.25 bits per heavy atom. The maximum Gasteiger partial charge on any atom is 0.261 e. The summed E-state index contributed by atoms with van der Waals surface area (Å²) in [4.78, 5) is 23.3. The van der Waals surface area contributed by atoms with Crippen molar-refractivity contribution < 1.29 is 9.90 Å². The molecule has 3 heterocycles. The number of aromatic nitrogens is 2. The number of thiophene rings is 1. The number of hydrogen-bond acceptors (Lipinski definition) is 6. The summed E-state index contributed by atoms with van der Waals surface area (Å²) in [5.41, 5.74) is 1.03. The second-order valence-electron chi connectivity index (χ2n) is 6.44. The largest absolute Gasteiger partial charge is 0.386 e. The average molecular weight is 346 g/mol. The summed E-state index contributed by atoms with van der Waals surface area (Å²) in [6.07, 6.45) is 3.06. The minimum absolute atomic E-state index is 0.128. The van der Waals surface area contributed by atoms with Gasteiger partial charge >= 0.3 is 0 Å². The SMILES string of the molecule is Cc1csc(C(=O)NCC2(O)CCCN(c3cc(C)ncn3)C2)c1. The monoisotopic (exact) mass is 346 g/mol. The Morgan fingerprint density at radius 3 is 2.96 bits per heavy atom. The van der Waals surface area contributed by atoms with Crippen molar-refractivity contribution in [2.24, 2.45) is 0 Å². The smallest absolute Gasteiger partial charge is 0.261 e. The highest BCUT2D eigenvalue weighted by Crippen LogP contribution is 2.25. The Hall–Kier alpha value is -1.99. The van der Waals surface area contributed by atoms with Crippen LogP contribution in [-0.4, -0.2) is 46.2 Å². The summed E-state index contributed by atoms with van der Waals surface area (Å²) >= 11 is 1.42. The van der Waals surface area contributed by atoms with E-state index < -0.39 is 5.60 Å². The van der Waals surface area contributed by atoms with Crippen LogP contribution in [-0.2, 0) is 0 Å². The van der Waals surface area contributed by atoms with Crippen molar-refractivity contribution in [3.63, 3.8) is 0 Å². The van der Waals surface area contributed by atoms with E-state index in [0.29, 0.717) is 17.8 Å². The van der Waals surface area contributed by atoms with Gasteiger partial charge in [0.15, 0.2) is 0 Å². The zero-order valence-corrected chi connectivity index (χ0v) is 14.8. The third-order valence-corrected chi connectivity index (χ3v) is 5.25. The van der Waals surface area contributed by atoms with Crippen LogP contribution in [0.1, 0.15) is 33.8 Å². The molecule has 7 heteroatoms. The molecule has 2 aromatic rings. The van der Waals surface area contributed by atoms with Crippen LogP contribution in [0.2, 0.25) is 0 Å². The van der Waals surface area contributed by atoms with E-state index in [1.54, 1.807) is 6.33 Å². The highest BCUT2D eigenvalue weighted by atomic mass is 32.1. The van der Waals surface area contributed by atoms with Crippen molar-refractivity contribution >= 4 is 23.1 Å². The third-order valence-electron chi connectivity index (χ3n) is 4.20. The molecule has 1 saturated heterocycles. The minimum atomic E-state index is -0.945. The predicted molar refractivity (Wildman–Crippen MR) is 94.6 cm³/mol. The van der Waals surface area contributed by atoms with Crippen LogP contribution in [0.5, 0.6) is 0 Å². The molecule has 0 spiro atoms. The second-order valence-corrected chi connectivity index (χ2v) is 7.35. The number of carbonyl (C=O) groups excluding carboxylic acids is 1. The van der Waals surface area contributed by atoms with Crippen LogP contribution >= 0.6 is 11.3 Å². The lowest BCUT2D eigenvalue weighted by Crippen LogP contribution is -2.54. The molecule has 1 atom stereocenters. The van der Waals surface area contributed by atoms with Gasteiger partial charge in [0.05, 0.1) is 10.5 Å². The van der Waals surface area contributed by atoms with Gasteiger partial charge in [-0.1, -0.05) is 0 Å². The molecule has 2 N–H and O–H groups in total. The van der Waals surface area contributed by atoms with Gasteiger partial charge in [0.25, 0.3) is 5.91 Å². The summed E-state index contributed by atoms with van der Waals surface area (Å²) in [6, 6.07) is 3.78. The fourth-order valence-corrected chi connectivity index (χ4v) is 3.76. The first kappa shape index (κ1) is 16.9. The van der Waals surface area contributed by atoms with Crippen LogP contribution in [0.3, 0.4) is 0 Å². The Balaban J connectivity index is 1.63. The molecule has 1 aliphatic rings. The van der Waals surface area contributed by atoms with Gasteiger partial charge in [-0.15, -0.1) is 11.3 Å². The number of rotatable bonds is 4. The molecule has 0 aromatic carbocycles. The normalized spacial score (nSPS) is 20.9. The molecule has 1 amide bonds. The molecule has 0 saturated carbocycles. The maximum absolute atomic E-state index is 12.2. The highest BCUT2D eigenvalue weighted by molar-refractivity contribution is 7.12. The van der Waals surface area contributed by atoms with E-state index in [-0.39, 0.29) is 12.5 Å². The Labute approximate surface area is 145 Å². The number of nitrogens with one attached hydrogen (secondary N) is 1. The molecule has 24 heavy (non-hydrogen) atoms. The number of β-amino-alcohol motifs (C(OH)–C–C–N with tert-alkyl or cyclic N) is 1. The van der Waals surface area contributed by atoms with E-state index in [2.05, 4.69) is 20.2 Å². The molecule has 2 aromatic heterocycles. The van der Waals surface area contributed by atoms with Crippen LogP contribution in [0, 0.1) is 13.8 Å². The van der Waals surface area contributed by atoms with Crippen molar-refractivity contribution in [1.29, 1.82) is 0 Å². The van der Waals surface area contributed by atoms with Crippen molar-refractivity contribution in [1.82, 2.24) is 15.3 Å². The lowest BCUT2D eigenvalue weighted by molar-refractivity contribution is 0.0255. The van der Waals surface area contributed by atoms with Gasteiger partial charge in [-0.05, 0) is 43.7 Å². The van der Waals surface area contributed by atoms with Crippen molar-refractivity contribution in [3.8, 4) is 0 Å². The molecule has 1 fully saturated rings. The number of nitrogens with zero attached hydrogens (tertiary/aromatic N) is 3. The standard InChI is InChI=1S/C17H22N4O2S/c1-12-6-14(24-8-12)16(22)18-9-17(23)4-3-5-21(10-17)15-7-13(2)19-11-20-15/h6-8,11,23H,3-5,9-10H2,1-2H3,(H,18,22). The number of carbonyl (C=O) groups is 1. The third kappa shape index (κ3) is 3.91. The maximum atomic E-state index is 12.2. The van der Waals surface area contributed by atoms with E-state index in [9.17, 15) is 9.90 Å². The predicted octanol–water partition coefficient (Wildman–Crippen LogP) is 1.92. The lowest BCUT2D eigenvalue weighted by atomic mass is 9.92. The number of aryl methyl sites for hydroxylation is 2. The summed E-state index contributed by atoms with van der Waals surface area (Å²) in [6.45, 7) is 5.42. The topological polar surface area (TPSA) is 78.4 Å². The fourth-order valence-electron chi connectivity index (χ4n) is 2.95. The summed E-state index contributed by atoms with van der Waals surface area (Å²) in [5.74, 6) is 0.692. The first-order valence-corrected chi connectivity index (χ1v) is 8.92. The molecular formula is C17H22N4O2S. The average Bonchev–Trinajstić information content (AvgIpc) is 2.99. The van der Waals surface area contributed by atoms with Crippen LogP contribution in [0.25, 0.3) is 0 Å². The first-order valence-electron chi connectivity index (χ1n) is 8.04. The number of anilines is 1. The quantitative estimate of drug-likeness (QED) is 0.884. The van der Waals surface area contributed by atoms with Gasteiger partial charge in [-0.3, -0.25) is 4.79 Å². The van der Waals surface area contributed by atoms with E-state index in [0.717, 1.165) is 30.0 Å². The number of aliphatic hydroxyl groups is 1. The lowest BCUT2D eigenvalue weighted by Gasteiger charge is -2.39. The molecule has 0 radical (unpaired) electrons. The van der Waals surface area contributed by atoms with Gasteiger partial charge in [-0.25, -0.2) is 9.97 Å². The number of piperidine rings is 1. The second kappa shape index (κ2) is 6.86. The summed E-state index contributed by atoms with van der Waals surface area (Å²) < 4.78 is 0. The van der Waals surface area contributed by atoms with E-state index in [1.807, 2.05) is 31.4 Å². The molecule has 0 bridgehead atoms.